The second-order valence-corrected chi connectivity index (χ2v) is 8.60. The summed E-state index contributed by atoms with van der Waals surface area (Å²) in [6, 6.07) is 6.04. The van der Waals surface area contributed by atoms with Crippen molar-refractivity contribution in [3.05, 3.63) is 47.8 Å². The van der Waals surface area contributed by atoms with E-state index in [0.717, 1.165) is 23.1 Å². The van der Waals surface area contributed by atoms with Crippen molar-refractivity contribution in [1.82, 2.24) is 25.8 Å². The fourth-order valence-corrected chi connectivity index (χ4v) is 3.72. The highest BCUT2D eigenvalue weighted by molar-refractivity contribution is 5.93. The molecule has 0 aliphatic carbocycles. The van der Waals surface area contributed by atoms with E-state index in [1.54, 1.807) is 31.6 Å². The van der Waals surface area contributed by atoms with Crippen LogP contribution in [0.4, 0.5) is 28.6 Å². The third-order valence-corrected chi connectivity index (χ3v) is 5.14. The van der Waals surface area contributed by atoms with E-state index in [4.69, 9.17) is 0 Å². The summed E-state index contributed by atoms with van der Waals surface area (Å²) < 4.78 is 37.1. The van der Waals surface area contributed by atoms with Gasteiger partial charge >= 0.3 is 18.3 Å². The Hall–Kier alpha value is -3.96. The third-order valence-electron chi connectivity index (χ3n) is 5.14. The van der Waals surface area contributed by atoms with Crippen molar-refractivity contribution in [2.75, 3.05) is 11.9 Å². The zero-order valence-electron chi connectivity index (χ0n) is 19.3. The van der Waals surface area contributed by atoms with E-state index in [1.165, 1.54) is 6.07 Å². The topological polar surface area (TPSA) is 129 Å². The molecule has 0 bridgehead atoms. The second-order valence-electron chi connectivity index (χ2n) is 8.60. The fraction of sp³-hybridized carbons (Fsp3) is 0.348. The van der Waals surface area contributed by atoms with Crippen LogP contribution in [0.15, 0.2) is 36.7 Å². The molecule has 1 aromatic carbocycles. The Kier molecular flexibility index (Phi) is 7.42. The predicted molar refractivity (Wildman–Crippen MR) is 124 cm³/mol. The lowest BCUT2D eigenvalue weighted by molar-refractivity contribution is -0.122. The van der Waals surface area contributed by atoms with Crippen LogP contribution < -0.4 is 16.0 Å². The minimum absolute atomic E-state index is 0.0369. The summed E-state index contributed by atoms with van der Waals surface area (Å²) in [5.74, 6) is -0.0369. The van der Waals surface area contributed by atoms with Crippen molar-refractivity contribution in [2.45, 2.75) is 45.3 Å². The number of nitrogens with zero attached hydrogens (tertiary/aromatic N) is 3. The number of halogens is 3. The van der Waals surface area contributed by atoms with Crippen LogP contribution in [0.2, 0.25) is 0 Å². The number of alkyl halides is 3. The van der Waals surface area contributed by atoms with Gasteiger partial charge in [-0.1, -0.05) is 6.92 Å². The van der Waals surface area contributed by atoms with Gasteiger partial charge in [-0.2, -0.15) is 13.2 Å². The first-order valence-electron chi connectivity index (χ1n) is 10.7. The molecule has 0 saturated carbocycles. The van der Waals surface area contributed by atoms with E-state index in [-0.39, 0.29) is 12.2 Å². The van der Waals surface area contributed by atoms with Gasteiger partial charge in [-0.25, -0.2) is 9.59 Å². The Balaban J connectivity index is 2.05. The van der Waals surface area contributed by atoms with Crippen LogP contribution in [0.25, 0.3) is 22.0 Å². The number of pyridine rings is 1. The van der Waals surface area contributed by atoms with Crippen molar-refractivity contribution in [3.63, 3.8) is 0 Å². The van der Waals surface area contributed by atoms with Crippen molar-refractivity contribution in [1.29, 1.82) is 0 Å². The number of carbonyl (C=O) groups excluding carboxylic acids is 1. The largest absolute Gasteiger partial charge is 0.465 e. The lowest BCUT2D eigenvalue weighted by Gasteiger charge is -2.25. The van der Waals surface area contributed by atoms with Crippen molar-refractivity contribution in [2.24, 2.45) is 0 Å². The predicted octanol–water partition coefficient (Wildman–Crippen LogP) is 4.53. The Morgan fingerprint density at radius 2 is 1.83 bits per heavy atom. The fourth-order valence-electron chi connectivity index (χ4n) is 3.72. The molecule has 0 unspecified atom stereocenters. The molecule has 0 saturated heterocycles. The van der Waals surface area contributed by atoms with E-state index < -0.39 is 30.4 Å². The number of amides is 3. The van der Waals surface area contributed by atoms with Crippen LogP contribution in [0.5, 0.6) is 0 Å². The van der Waals surface area contributed by atoms with Crippen LogP contribution in [0.3, 0.4) is 0 Å². The molecular formula is C23H25F3N6O3. The first-order chi connectivity index (χ1) is 16.4. The molecule has 9 nitrogen and oxygen atoms in total. The highest BCUT2D eigenvalue weighted by atomic mass is 19.4. The van der Waals surface area contributed by atoms with Crippen LogP contribution in [-0.4, -0.2) is 50.7 Å². The molecule has 2 heterocycles. The van der Waals surface area contributed by atoms with Crippen LogP contribution >= 0.6 is 0 Å². The SMILES string of the molecule is CCc1ccncc1-c1cc(CC(C)(C)NC(=O)O)c2nnc(NC(=O)NCC(F)(F)F)cc2c1. The minimum atomic E-state index is -4.55. The maximum atomic E-state index is 12.4. The zero-order valence-corrected chi connectivity index (χ0v) is 19.3. The number of anilines is 1. The van der Waals surface area contributed by atoms with E-state index in [1.807, 2.05) is 25.1 Å². The molecule has 0 radical (unpaired) electrons. The Morgan fingerprint density at radius 1 is 1.09 bits per heavy atom. The molecular weight excluding hydrogens is 465 g/mol. The molecule has 0 fully saturated rings. The molecule has 186 valence electrons. The van der Waals surface area contributed by atoms with Gasteiger partial charge in [0.15, 0.2) is 5.82 Å². The summed E-state index contributed by atoms with van der Waals surface area (Å²) in [7, 11) is 0. The van der Waals surface area contributed by atoms with Gasteiger partial charge in [0.25, 0.3) is 0 Å². The van der Waals surface area contributed by atoms with Gasteiger partial charge in [-0.05, 0) is 67.6 Å². The summed E-state index contributed by atoms with van der Waals surface area (Å²) in [6.45, 7) is 3.99. The maximum Gasteiger partial charge on any atom is 0.405 e. The van der Waals surface area contributed by atoms with Gasteiger partial charge in [0.2, 0.25) is 0 Å². The molecule has 3 amide bonds. The van der Waals surface area contributed by atoms with Crippen molar-refractivity contribution in [3.8, 4) is 11.1 Å². The smallest absolute Gasteiger partial charge is 0.405 e. The number of benzene rings is 1. The second kappa shape index (κ2) is 10.1. The van der Waals surface area contributed by atoms with Crippen LogP contribution in [0.1, 0.15) is 31.9 Å². The molecule has 0 spiro atoms. The Morgan fingerprint density at radius 3 is 2.49 bits per heavy atom. The molecule has 2 aromatic heterocycles. The number of fused-ring (bicyclic) bond motifs is 1. The molecule has 0 atom stereocenters. The average molecular weight is 490 g/mol. The van der Waals surface area contributed by atoms with E-state index in [9.17, 15) is 27.9 Å². The zero-order chi connectivity index (χ0) is 25.8. The standard InChI is InChI=1S/C23H25F3N6O3/c1-4-13-5-6-27-11-17(13)14-7-15-9-18(29-20(33)28-12-23(24,25)26)31-32-19(15)16(8-14)10-22(2,3)30-21(34)35/h5-9,11,30H,4,10,12H2,1-3H3,(H,34,35)(H2,28,29,31,33). The normalized spacial score (nSPS) is 11.8. The molecule has 4 N–H and O–H groups in total. The number of nitrogens with one attached hydrogen (secondary N) is 3. The highest BCUT2D eigenvalue weighted by Gasteiger charge is 2.28. The summed E-state index contributed by atoms with van der Waals surface area (Å²) >= 11 is 0. The van der Waals surface area contributed by atoms with Gasteiger partial charge < -0.3 is 15.7 Å². The molecule has 3 rings (SSSR count). The summed E-state index contributed by atoms with van der Waals surface area (Å²) in [5.41, 5.74) is 3.04. The summed E-state index contributed by atoms with van der Waals surface area (Å²) in [4.78, 5) is 27.3. The Bertz CT molecular complexity index is 1250. The first kappa shape index (κ1) is 25.7. The van der Waals surface area contributed by atoms with Gasteiger partial charge in [0.1, 0.15) is 6.54 Å². The average Bonchev–Trinajstić information content (AvgIpc) is 2.75. The van der Waals surface area contributed by atoms with E-state index in [0.29, 0.717) is 16.5 Å². The molecule has 0 aliphatic heterocycles. The number of urea groups is 1. The molecule has 35 heavy (non-hydrogen) atoms. The maximum absolute atomic E-state index is 12.4. The minimum Gasteiger partial charge on any atom is -0.465 e. The van der Waals surface area contributed by atoms with Gasteiger partial charge in [-0.15, -0.1) is 10.2 Å². The number of carboxylic acid groups (broad SMARTS) is 1. The lowest BCUT2D eigenvalue weighted by atomic mass is 9.90. The number of aryl methyl sites for hydroxylation is 1. The lowest BCUT2D eigenvalue weighted by Crippen LogP contribution is -2.44. The number of aromatic nitrogens is 3. The van der Waals surface area contributed by atoms with Gasteiger partial charge in [0.05, 0.1) is 5.52 Å². The summed E-state index contributed by atoms with van der Waals surface area (Å²) in [5, 5.41) is 24.3. The van der Waals surface area contributed by atoms with Crippen LogP contribution in [0, 0.1) is 0 Å². The monoisotopic (exact) mass is 490 g/mol. The van der Waals surface area contributed by atoms with E-state index >= 15 is 0 Å². The Labute approximate surface area is 199 Å². The number of rotatable bonds is 7. The number of hydrogen-bond acceptors (Lipinski definition) is 5. The van der Waals surface area contributed by atoms with E-state index in [2.05, 4.69) is 25.8 Å². The summed E-state index contributed by atoms with van der Waals surface area (Å²) in [6.07, 6.45) is -1.27. The number of carbonyl (C=O) groups is 2. The van der Waals surface area contributed by atoms with Gasteiger partial charge in [-0.3, -0.25) is 10.3 Å². The van der Waals surface area contributed by atoms with Gasteiger partial charge in [0, 0.05) is 28.9 Å². The third kappa shape index (κ3) is 7.01. The molecule has 3 aromatic rings. The molecule has 12 heteroatoms. The van der Waals surface area contributed by atoms with Crippen molar-refractivity contribution >= 4 is 28.8 Å². The first-order valence-corrected chi connectivity index (χ1v) is 10.7. The highest BCUT2D eigenvalue weighted by Crippen LogP contribution is 2.31. The van der Waals surface area contributed by atoms with Crippen LogP contribution in [-0.2, 0) is 12.8 Å². The molecule has 0 aliphatic rings. The van der Waals surface area contributed by atoms with Crippen molar-refractivity contribution < 1.29 is 27.9 Å². The number of hydrogen-bond donors (Lipinski definition) is 4. The quantitative estimate of drug-likeness (QED) is 0.385.